The Labute approximate surface area is 79.3 Å². The van der Waals surface area contributed by atoms with Gasteiger partial charge < -0.3 is 0 Å². The molecule has 0 bridgehead atoms. The lowest BCUT2D eigenvalue weighted by molar-refractivity contribution is 1.43. The number of rotatable bonds is 0. The van der Waals surface area contributed by atoms with E-state index in [1.54, 1.807) is 6.07 Å². The van der Waals surface area contributed by atoms with Crippen LogP contribution in [-0.4, -0.2) is 0 Å². The quantitative estimate of drug-likeness (QED) is 0.549. The van der Waals surface area contributed by atoms with Crippen LogP contribution in [-0.2, 0) is 0 Å². The fourth-order valence-corrected chi connectivity index (χ4v) is 0.904. The largest absolute Gasteiger partial charge is 0.250 e. The van der Waals surface area contributed by atoms with Crippen molar-refractivity contribution in [3.8, 4) is 6.07 Å². The van der Waals surface area contributed by atoms with Crippen molar-refractivity contribution in [2.75, 3.05) is 0 Å². The van der Waals surface area contributed by atoms with E-state index in [1.807, 2.05) is 0 Å². The molecular weight excluding hydrogens is 162 g/mol. The van der Waals surface area contributed by atoms with E-state index in [9.17, 15) is 0 Å². The summed E-state index contributed by atoms with van der Waals surface area (Å²) < 4.78 is 15.1. The number of nitriles is 1. The predicted octanol–water partition coefficient (Wildman–Crippen LogP) is 2.97. The number of hydrogen-bond acceptors (Lipinski definition) is 1. The van der Waals surface area contributed by atoms with Crippen molar-refractivity contribution < 1.29 is 2.74 Å². The van der Waals surface area contributed by atoms with Gasteiger partial charge in [-0.15, -0.1) is 0 Å². The van der Waals surface area contributed by atoms with Crippen molar-refractivity contribution in [1.29, 1.82) is 5.26 Å². The Bertz CT molecular complexity index is 515. The predicted molar refractivity (Wildman–Crippen MR) is 48.4 cm³/mol. The Morgan fingerprint density at radius 2 is 2.15 bits per heavy atom. The van der Waals surface area contributed by atoms with Gasteiger partial charge >= 0.3 is 0 Å². The van der Waals surface area contributed by atoms with Gasteiger partial charge in [-0.05, 0) is 6.92 Å². The Balaban J connectivity index is 3.90. The van der Waals surface area contributed by atoms with Crippen molar-refractivity contribution in [2.45, 2.75) is 6.92 Å². The minimum absolute atomic E-state index is 0.121. The van der Waals surface area contributed by atoms with Gasteiger partial charge in [-0.25, -0.2) is 4.85 Å². The molecule has 0 heterocycles. The van der Waals surface area contributed by atoms with Crippen LogP contribution in [0.3, 0.4) is 0 Å². The molecular formula is C10H5N3. The van der Waals surface area contributed by atoms with Crippen LogP contribution in [0.15, 0.2) is 12.1 Å². The molecule has 3 nitrogen and oxygen atoms in total. The van der Waals surface area contributed by atoms with E-state index in [4.69, 9.17) is 21.1 Å². The first kappa shape index (κ1) is 6.23. The maximum Gasteiger partial charge on any atom is 0.211 e. The fourth-order valence-electron chi connectivity index (χ4n) is 0.904. The third kappa shape index (κ3) is 1.48. The van der Waals surface area contributed by atoms with Gasteiger partial charge in [-0.2, -0.15) is 5.26 Å². The van der Waals surface area contributed by atoms with Gasteiger partial charge in [0, 0.05) is 6.93 Å². The summed E-state index contributed by atoms with van der Waals surface area (Å²) in [6.07, 6.45) is 0. The van der Waals surface area contributed by atoms with Crippen LogP contribution in [0, 0.1) is 31.4 Å². The topological polar surface area (TPSA) is 32.5 Å². The number of benzene rings is 1. The normalized spacial score (nSPS) is 10.3. The smallest absolute Gasteiger partial charge is 0.211 e. The molecule has 3 heteroatoms. The molecule has 1 aromatic carbocycles. The highest BCUT2D eigenvalue weighted by atomic mass is 14.8. The Hall–Kier alpha value is -2.31. The summed E-state index contributed by atoms with van der Waals surface area (Å²) in [5.74, 6) is 0. The van der Waals surface area contributed by atoms with E-state index in [0.717, 1.165) is 0 Å². The van der Waals surface area contributed by atoms with Gasteiger partial charge in [0.15, 0.2) is 5.69 Å². The van der Waals surface area contributed by atoms with Crippen LogP contribution in [0.25, 0.3) is 9.69 Å². The average Bonchev–Trinajstić information content (AvgIpc) is 2.25. The van der Waals surface area contributed by atoms with Gasteiger partial charge in [0.25, 0.3) is 0 Å². The highest BCUT2D eigenvalue weighted by molar-refractivity contribution is 5.77. The van der Waals surface area contributed by atoms with Crippen molar-refractivity contribution in [2.24, 2.45) is 0 Å². The van der Waals surface area contributed by atoms with E-state index in [-0.39, 0.29) is 34.6 Å². The van der Waals surface area contributed by atoms with E-state index in [2.05, 4.69) is 9.69 Å². The Kier molecular flexibility index (Phi) is 1.63. The first-order valence-electron chi connectivity index (χ1n) is 4.37. The zero-order chi connectivity index (χ0) is 11.6. The van der Waals surface area contributed by atoms with Crippen molar-refractivity contribution in [3.05, 3.63) is 46.0 Å². The highest BCUT2D eigenvalue weighted by Crippen LogP contribution is 2.32. The molecule has 0 atom stereocenters. The molecule has 60 valence electrons. The van der Waals surface area contributed by atoms with Gasteiger partial charge in [0.1, 0.15) is 0 Å². The summed E-state index contributed by atoms with van der Waals surface area (Å²) in [4.78, 5) is 6.11. The molecule has 0 aliphatic rings. The van der Waals surface area contributed by atoms with Crippen molar-refractivity contribution >= 4 is 11.4 Å². The molecule has 0 amide bonds. The minimum Gasteiger partial charge on any atom is -0.250 e. The number of hydrogen-bond donors (Lipinski definition) is 0. The summed E-state index contributed by atoms with van der Waals surface area (Å²) in [6.45, 7) is 15.2. The summed E-state index contributed by atoms with van der Waals surface area (Å²) in [5.41, 5.74) is -0.197. The van der Waals surface area contributed by atoms with E-state index >= 15 is 0 Å². The molecule has 0 saturated heterocycles. The van der Waals surface area contributed by atoms with Crippen molar-refractivity contribution in [1.82, 2.24) is 0 Å². The lowest BCUT2D eigenvalue weighted by atomic mass is 10.1. The summed E-state index contributed by atoms with van der Waals surface area (Å²) in [5, 5.41) is 8.79. The number of nitrogens with zero attached hydrogens (tertiary/aromatic N) is 3. The van der Waals surface area contributed by atoms with Gasteiger partial charge in [0.2, 0.25) is 5.69 Å². The second-order valence-electron chi connectivity index (χ2n) is 2.28. The zero-order valence-electron chi connectivity index (χ0n) is 8.84. The Morgan fingerprint density at radius 1 is 1.46 bits per heavy atom. The monoisotopic (exact) mass is 169 g/mol. The van der Waals surface area contributed by atoms with Gasteiger partial charge in [0.05, 0.1) is 20.6 Å². The van der Waals surface area contributed by atoms with Crippen LogP contribution in [0.1, 0.15) is 13.9 Å². The summed E-state index contributed by atoms with van der Waals surface area (Å²) >= 11 is 0. The zero-order valence-corrected chi connectivity index (χ0v) is 6.84. The van der Waals surface area contributed by atoms with E-state index in [0.29, 0.717) is 0 Å². The first-order valence-corrected chi connectivity index (χ1v) is 3.37. The second-order valence-corrected chi connectivity index (χ2v) is 2.28. The standard InChI is InChI=1S/C10H5N3/c1-7-4-8(6-11)10(13-3)9(5-7)12-2/h4-5H,1H3/i4D,5D. The minimum atomic E-state index is -0.187. The summed E-state index contributed by atoms with van der Waals surface area (Å²) in [7, 11) is 0. The van der Waals surface area contributed by atoms with Gasteiger partial charge in [-0.3, -0.25) is 4.85 Å². The molecule has 0 aliphatic carbocycles. The maximum atomic E-state index is 8.79. The molecule has 0 N–H and O–H groups in total. The van der Waals surface area contributed by atoms with Crippen LogP contribution >= 0.6 is 0 Å². The highest BCUT2D eigenvalue weighted by Gasteiger charge is 2.08. The average molecular weight is 169 g/mol. The molecule has 0 aromatic heterocycles. The third-order valence-corrected chi connectivity index (χ3v) is 1.41. The Morgan fingerprint density at radius 3 is 2.62 bits per heavy atom. The third-order valence-electron chi connectivity index (χ3n) is 1.41. The molecule has 0 unspecified atom stereocenters. The first-order chi connectivity index (χ1) is 7.08. The van der Waals surface area contributed by atoms with E-state index < -0.39 is 0 Å². The molecule has 0 radical (unpaired) electrons. The molecule has 0 saturated carbocycles. The molecule has 0 spiro atoms. The van der Waals surface area contributed by atoms with Gasteiger partial charge in [-0.1, -0.05) is 17.6 Å². The molecule has 0 aliphatic heterocycles. The molecule has 1 rings (SSSR count). The lowest BCUT2D eigenvalue weighted by Crippen LogP contribution is -1.78. The van der Waals surface area contributed by atoms with Crippen LogP contribution < -0.4 is 0 Å². The SMILES string of the molecule is [2H]c1c(C)c([2H])c([N+]#[C-])c([N+]#[C-])c1C#N. The van der Waals surface area contributed by atoms with Crippen LogP contribution in [0.2, 0.25) is 0 Å². The van der Waals surface area contributed by atoms with E-state index in [1.165, 1.54) is 6.92 Å². The van der Waals surface area contributed by atoms with Crippen LogP contribution in [0.5, 0.6) is 0 Å². The molecule has 1 aromatic rings. The fraction of sp³-hybridized carbons (Fsp3) is 0.100. The summed E-state index contributed by atoms with van der Waals surface area (Å²) in [6, 6.07) is 1.45. The van der Waals surface area contributed by atoms with Crippen LogP contribution in [0.4, 0.5) is 11.4 Å². The second kappa shape index (κ2) is 3.39. The molecule has 0 fully saturated rings. The van der Waals surface area contributed by atoms with Crippen molar-refractivity contribution in [3.63, 3.8) is 0 Å². The molecule has 13 heavy (non-hydrogen) atoms. The maximum absolute atomic E-state index is 8.79. The lowest BCUT2D eigenvalue weighted by Gasteiger charge is -1.99.